The summed E-state index contributed by atoms with van der Waals surface area (Å²) >= 11 is 0. The first-order valence-electron chi connectivity index (χ1n) is 4.77. The summed E-state index contributed by atoms with van der Waals surface area (Å²) < 4.78 is 13.3. The van der Waals surface area contributed by atoms with Crippen LogP contribution in [0.4, 0.5) is 10.1 Å². The highest BCUT2D eigenvalue weighted by Crippen LogP contribution is 2.18. The normalized spacial score (nSPS) is 9.24. The van der Waals surface area contributed by atoms with Crippen LogP contribution in [0.3, 0.4) is 0 Å². The first-order chi connectivity index (χ1) is 8.06. The van der Waals surface area contributed by atoms with Crippen molar-refractivity contribution >= 4 is 17.5 Å². The van der Waals surface area contributed by atoms with Gasteiger partial charge in [0.15, 0.2) is 0 Å². The van der Waals surface area contributed by atoms with Crippen molar-refractivity contribution in [2.75, 3.05) is 11.9 Å². The van der Waals surface area contributed by atoms with E-state index in [1.807, 2.05) is 0 Å². The maximum atomic E-state index is 13.3. The third-order valence-corrected chi connectivity index (χ3v) is 1.99. The summed E-state index contributed by atoms with van der Waals surface area (Å²) in [6, 6.07) is 5.93. The second-order valence-corrected chi connectivity index (χ2v) is 3.23. The number of hydrogen-bond donors (Lipinski definition) is 2. The lowest BCUT2D eigenvalue weighted by Crippen LogP contribution is -2.35. The number of benzene rings is 1. The number of carbonyl (C=O) groups is 2. The topological polar surface area (TPSA) is 82.0 Å². The molecule has 88 valence electrons. The number of anilines is 1. The van der Waals surface area contributed by atoms with Gasteiger partial charge in [-0.1, -0.05) is 12.1 Å². The molecule has 0 aliphatic carbocycles. The van der Waals surface area contributed by atoms with E-state index in [4.69, 9.17) is 5.26 Å². The van der Waals surface area contributed by atoms with Crippen LogP contribution in [-0.4, -0.2) is 18.4 Å². The van der Waals surface area contributed by atoms with Gasteiger partial charge in [0, 0.05) is 0 Å². The molecule has 0 aromatic heterocycles. The van der Waals surface area contributed by atoms with E-state index in [0.29, 0.717) is 5.56 Å². The summed E-state index contributed by atoms with van der Waals surface area (Å²) in [4.78, 5) is 22.5. The van der Waals surface area contributed by atoms with Gasteiger partial charge in [-0.2, -0.15) is 5.26 Å². The van der Waals surface area contributed by atoms with Gasteiger partial charge >= 0.3 is 11.8 Å². The van der Waals surface area contributed by atoms with E-state index in [9.17, 15) is 14.0 Å². The zero-order valence-corrected chi connectivity index (χ0v) is 9.08. The number of nitriles is 1. The number of aryl methyl sites for hydroxylation is 1. The number of para-hydroxylation sites is 1. The van der Waals surface area contributed by atoms with E-state index in [1.54, 1.807) is 19.1 Å². The maximum Gasteiger partial charge on any atom is 0.313 e. The van der Waals surface area contributed by atoms with Crippen LogP contribution in [0.5, 0.6) is 0 Å². The smallest absolute Gasteiger partial charge is 0.313 e. The second-order valence-electron chi connectivity index (χ2n) is 3.23. The van der Waals surface area contributed by atoms with Crippen molar-refractivity contribution in [3.8, 4) is 6.07 Å². The highest BCUT2D eigenvalue weighted by molar-refractivity contribution is 6.39. The van der Waals surface area contributed by atoms with Crippen molar-refractivity contribution in [2.24, 2.45) is 0 Å². The van der Waals surface area contributed by atoms with Crippen LogP contribution in [0.1, 0.15) is 5.56 Å². The molecule has 0 aliphatic heterocycles. The average Bonchev–Trinajstić information content (AvgIpc) is 2.30. The minimum Gasteiger partial charge on any atom is -0.335 e. The summed E-state index contributed by atoms with van der Waals surface area (Å²) in [5.74, 6) is -2.60. The Hall–Kier alpha value is -2.42. The van der Waals surface area contributed by atoms with Crippen molar-refractivity contribution < 1.29 is 14.0 Å². The Balaban J connectivity index is 2.75. The molecule has 0 aliphatic rings. The Labute approximate surface area is 97.2 Å². The van der Waals surface area contributed by atoms with Crippen LogP contribution in [-0.2, 0) is 9.59 Å². The van der Waals surface area contributed by atoms with Crippen LogP contribution in [0.2, 0.25) is 0 Å². The molecule has 0 radical (unpaired) electrons. The zero-order chi connectivity index (χ0) is 12.8. The second kappa shape index (κ2) is 5.61. The molecule has 0 fully saturated rings. The molecule has 2 N–H and O–H groups in total. The molecule has 2 amide bonds. The molecular formula is C11H10FN3O2. The van der Waals surface area contributed by atoms with Crippen LogP contribution >= 0.6 is 0 Å². The van der Waals surface area contributed by atoms with Crippen molar-refractivity contribution in [1.82, 2.24) is 5.32 Å². The van der Waals surface area contributed by atoms with E-state index in [1.165, 1.54) is 12.1 Å². The van der Waals surface area contributed by atoms with Crippen LogP contribution < -0.4 is 10.6 Å². The number of nitrogens with one attached hydrogen (secondary N) is 2. The van der Waals surface area contributed by atoms with Gasteiger partial charge < -0.3 is 10.6 Å². The Bertz CT molecular complexity index is 474. The lowest BCUT2D eigenvalue weighted by Gasteiger charge is -2.08. The molecular weight excluding hydrogens is 225 g/mol. The molecule has 17 heavy (non-hydrogen) atoms. The fourth-order valence-electron chi connectivity index (χ4n) is 1.16. The van der Waals surface area contributed by atoms with Gasteiger partial charge in [-0.05, 0) is 18.6 Å². The average molecular weight is 235 g/mol. The predicted octanol–water partition coefficient (Wildman–Crippen LogP) is 0.712. The molecule has 1 aromatic carbocycles. The van der Waals surface area contributed by atoms with Gasteiger partial charge in [-0.3, -0.25) is 9.59 Å². The van der Waals surface area contributed by atoms with Crippen molar-refractivity contribution in [3.05, 3.63) is 29.6 Å². The molecule has 0 atom stereocenters. The minimum atomic E-state index is -1.01. The van der Waals surface area contributed by atoms with Gasteiger partial charge in [-0.15, -0.1) is 0 Å². The Morgan fingerprint density at radius 1 is 1.41 bits per heavy atom. The molecule has 0 unspecified atom stereocenters. The third-order valence-electron chi connectivity index (χ3n) is 1.99. The largest absolute Gasteiger partial charge is 0.335 e. The SMILES string of the molecule is Cc1cccc(F)c1NC(=O)C(=O)NCC#N. The highest BCUT2D eigenvalue weighted by Gasteiger charge is 2.15. The summed E-state index contributed by atoms with van der Waals surface area (Å²) in [5, 5.41) is 12.4. The van der Waals surface area contributed by atoms with Crippen LogP contribution in [0, 0.1) is 24.1 Å². The quantitative estimate of drug-likeness (QED) is 0.585. The lowest BCUT2D eigenvalue weighted by molar-refractivity contribution is -0.136. The molecule has 0 heterocycles. The molecule has 5 nitrogen and oxygen atoms in total. The van der Waals surface area contributed by atoms with Gasteiger partial charge in [-0.25, -0.2) is 4.39 Å². The van der Waals surface area contributed by atoms with E-state index >= 15 is 0 Å². The zero-order valence-electron chi connectivity index (χ0n) is 9.08. The minimum absolute atomic E-state index is 0.0374. The maximum absolute atomic E-state index is 13.3. The fourth-order valence-corrected chi connectivity index (χ4v) is 1.16. The fraction of sp³-hybridized carbons (Fsp3) is 0.182. The summed E-state index contributed by atoms with van der Waals surface area (Å²) in [6.45, 7) is 1.33. The van der Waals surface area contributed by atoms with Gasteiger partial charge in [0.05, 0.1) is 11.8 Å². The van der Waals surface area contributed by atoms with E-state index < -0.39 is 17.6 Å². The van der Waals surface area contributed by atoms with Gasteiger partial charge in [0.2, 0.25) is 0 Å². The third kappa shape index (κ3) is 3.28. The molecule has 0 spiro atoms. The molecule has 1 aromatic rings. The van der Waals surface area contributed by atoms with Crippen molar-refractivity contribution in [3.63, 3.8) is 0 Å². The van der Waals surface area contributed by atoms with E-state index in [0.717, 1.165) is 0 Å². The first kappa shape index (κ1) is 12.6. The van der Waals surface area contributed by atoms with Crippen molar-refractivity contribution in [1.29, 1.82) is 5.26 Å². The van der Waals surface area contributed by atoms with E-state index in [-0.39, 0.29) is 12.2 Å². The summed E-state index contributed by atoms with van der Waals surface area (Å²) in [7, 11) is 0. The molecule has 1 rings (SSSR count). The monoisotopic (exact) mass is 235 g/mol. The molecule has 0 saturated carbocycles. The number of nitrogens with zero attached hydrogens (tertiary/aromatic N) is 1. The van der Waals surface area contributed by atoms with Gasteiger partial charge in [0.25, 0.3) is 0 Å². The number of hydrogen-bond acceptors (Lipinski definition) is 3. The molecule has 0 saturated heterocycles. The van der Waals surface area contributed by atoms with Crippen LogP contribution in [0.25, 0.3) is 0 Å². The number of carbonyl (C=O) groups excluding carboxylic acids is 2. The first-order valence-corrected chi connectivity index (χ1v) is 4.77. The van der Waals surface area contributed by atoms with Crippen LogP contribution in [0.15, 0.2) is 18.2 Å². The van der Waals surface area contributed by atoms with Gasteiger partial charge in [0.1, 0.15) is 12.4 Å². The highest BCUT2D eigenvalue weighted by atomic mass is 19.1. The number of halogens is 1. The Kier molecular flexibility index (Phi) is 4.17. The number of rotatable bonds is 2. The summed E-state index contributed by atoms with van der Waals surface area (Å²) in [5.41, 5.74) is 0.469. The number of amides is 2. The summed E-state index contributed by atoms with van der Waals surface area (Å²) in [6.07, 6.45) is 0. The Morgan fingerprint density at radius 3 is 2.71 bits per heavy atom. The van der Waals surface area contributed by atoms with E-state index in [2.05, 4.69) is 10.6 Å². The lowest BCUT2D eigenvalue weighted by atomic mass is 10.2. The standard InChI is InChI=1S/C11H10FN3O2/c1-7-3-2-4-8(12)9(7)15-11(17)10(16)14-6-5-13/h2-4H,6H2,1H3,(H,14,16)(H,15,17). The molecule has 0 bridgehead atoms. The molecule has 6 heteroatoms. The van der Waals surface area contributed by atoms with Crippen molar-refractivity contribution in [2.45, 2.75) is 6.92 Å². The predicted molar refractivity (Wildman–Crippen MR) is 58.4 cm³/mol. The Morgan fingerprint density at radius 2 is 2.12 bits per heavy atom.